The van der Waals surface area contributed by atoms with Crippen LogP contribution in [0.1, 0.15) is 19.8 Å². The molecule has 2 rings (SSSR count). The van der Waals surface area contributed by atoms with E-state index in [4.69, 9.17) is 0 Å². The Morgan fingerprint density at radius 3 is 2.65 bits per heavy atom. The van der Waals surface area contributed by atoms with Crippen molar-refractivity contribution < 1.29 is 4.79 Å². The number of piperidine rings is 1. The van der Waals surface area contributed by atoms with E-state index in [1.165, 1.54) is 0 Å². The average Bonchev–Trinajstić information content (AvgIpc) is 2.33. The zero-order chi connectivity index (χ0) is 12.3. The molecule has 0 N–H and O–H groups in total. The van der Waals surface area contributed by atoms with Crippen molar-refractivity contribution in [3.8, 4) is 0 Å². The molecule has 0 saturated carbocycles. The van der Waals surface area contributed by atoms with E-state index in [1.807, 2.05) is 18.4 Å². The maximum absolute atomic E-state index is 12.2. The molecule has 1 fully saturated rings. The van der Waals surface area contributed by atoms with Crippen molar-refractivity contribution in [1.29, 1.82) is 0 Å². The van der Waals surface area contributed by atoms with Gasteiger partial charge in [0.15, 0.2) is 5.78 Å². The molecule has 0 amide bonds. The summed E-state index contributed by atoms with van der Waals surface area (Å²) in [5.41, 5.74) is 0. The fourth-order valence-corrected chi connectivity index (χ4v) is 2.47. The van der Waals surface area contributed by atoms with Gasteiger partial charge in [-0.05, 0) is 46.0 Å². The van der Waals surface area contributed by atoms with E-state index >= 15 is 0 Å². The Bertz CT molecular complexity index is 327. The summed E-state index contributed by atoms with van der Waals surface area (Å²) in [7, 11) is 2.13. The fourth-order valence-electron chi connectivity index (χ4n) is 2.47. The molecule has 3 nitrogen and oxygen atoms in total. The Balaban J connectivity index is 1.84. The number of allylic oxidation sites excluding steroid dienone is 2. The van der Waals surface area contributed by atoms with Crippen LogP contribution < -0.4 is 0 Å². The van der Waals surface area contributed by atoms with Gasteiger partial charge in [-0.25, -0.2) is 0 Å². The maximum Gasteiger partial charge on any atom is 0.155 e. The van der Waals surface area contributed by atoms with Crippen LogP contribution in [-0.4, -0.2) is 48.3 Å². The molecule has 0 bridgehead atoms. The monoisotopic (exact) mass is 234 g/mol. The van der Waals surface area contributed by atoms with E-state index in [1.54, 1.807) is 0 Å². The van der Waals surface area contributed by atoms with Gasteiger partial charge in [-0.3, -0.25) is 4.79 Å². The van der Waals surface area contributed by atoms with Gasteiger partial charge >= 0.3 is 0 Å². The summed E-state index contributed by atoms with van der Waals surface area (Å²) in [5.74, 6) is 0.683. The second kappa shape index (κ2) is 5.50. The molecule has 0 aliphatic carbocycles. The lowest BCUT2D eigenvalue weighted by Crippen LogP contribution is -2.39. The van der Waals surface area contributed by atoms with Gasteiger partial charge in [-0.15, -0.1) is 0 Å². The molecule has 1 atom stereocenters. The van der Waals surface area contributed by atoms with Gasteiger partial charge in [0, 0.05) is 18.2 Å². The topological polar surface area (TPSA) is 23.6 Å². The van der Waals surface area contributed by atoms with Crippen LogP contribution in [0.4, 0.5) is 0 Å². The Hall–Kier alpha value is -1.09. The van der Waals surface area contributed by atoms with Gasteiger partial charge in [0.1, 0.15) is 0 Å². The minimum atomic E-state index is 0.276. The number of hydrogen-bond acceptors (Lipinski definition) is 3. The molecule has 2 heterocycles. The molecule has 1 saturated heterocycles. The molecule has 0 radical (unpaired) electrons. The normalized spacial score (nSPS) is 26.5. The summed E-state index contributed by atoms with van der Waals surface area (Å²) < 4.78 is 0. The molecule has 2 aliphatic heterocycles. The standard InChI is InChI=1S/C14H22N2O/c1-12-5-3-4-8-16(12)11-14(17)13-6-9-15(2)10-7-13/h3-5,8,12-13H,6-7,9-11H2,1-2H3. The molecular weight excluding hydrogens is 212 g/mol. The van der Waals surface area contributed by atoms with Crippen LogP contribution in [0.15, 0.2) is 24.4 Å². The highest BCUT2D eigenvalue weighted by molar-refractivity contribution is 5.83. The molecule has 0 spiro atoms. The van der Waals surface area contributed by atoms with Crippen LogP contribution in [0.5, 0.6) is 0 Å². The SMILES string of the molecule is CC1C=CC=CN1CC(=O)C1CCN(C)CC1. The molecular formula is C14H22N2O. The maximum atomic E-state index is 12.2. The minimum absolute atomic E-state index is 0.276. The summed E-state index contributed by atoms with van der Waals surface area (Å²) in [5, 5.41) is 0. The largest absolute Gasteiger partial charge is 0.364 e. The first kappa shape index (κ1) is 12.4. The van der Waals surface area contributed by atoms with Crippen molar-refractivity contribution in [1.82, 2.24) is 9.80 Å². The Kier molecular flexibility index (Phi) is 4.00. The summed E-state index contributed by atoms with van der Waals surface area (Å²) in [4.78, 5) is 16.6. The van der Waals surface area contributed by atoms with E-state index in [9.17, 15) is 4.79 Å². The number of rotatable bonds is 3. The smallest absolute Gasteiger partial charge is 0.155 e. The fraction of sp³-hybridized carbons (Fsp3) is 0.643. The zero-order valence-corrected chi connectivity index (χ0v) is 10.8. The van der Waals surface area contributed by atoms with E-state index < -0.39 is 0 Å². The van der Waals surface area contributed by atoms with Crippen LogP contribution in [0.2, 0.25) is 0 Å². The molecule has 17 heavy (non-hydrogen) atoms. The predicted molar refractivity (Wildman–Crippen MR) is 69.7 cm³/mol. The molecule has 0 aromatic carbocycles. The predicted octanol–water partition coefficient (Wildman–Crippen LogP) is 1.67. The lowest BCUT2D eigenvalue weighted by molar-refractivity contribution is -0.125. The average molecular weight is 234 g/mol. The summed E-state index contributed by atoms with van der Waals surface area (Å²) in [6.45, 7) is 4.81. The second-order valence-corrected chi connectivity index (χ2v) is 5.18. The zero-order valence-electron chi connectivity index (χ0n) is 10.8. The molecule has 2 aliphatic rings. The number of carbonyl (C=O) groups excluding carboxylic acids is 1. The van der Waals surface area contributed by atoms with Crippen LogP contribution in [0.3, 0.4) is 0 Å². The van der Waals surface area contributed by atoms with E-state index in [0.717, 1.165) is 25.9 Å². The third-order valence-corrected chi connectivity index (χ3v) is 3.81. The molecule has 3 heteroatoms. The van der Waals surface area contributed by atoms with Gasteiger partial charge in [0.2, 0.25) is 0 Å². The molecule has 1 unspecified atom stereocenters. The summed E-state index contributed by atoms with van der Waals surface area (Å²) >= 11 is 0. The number of nitrogens with zero attached hydrogens (tertiary/aromatic N) is 2. The highest BCUT2D eigenvalue weighted by Gasteiger charge is 2.25. The van der Waals surface area contributed by atoms with Gasteiger partial charge in [-0.2, -0.15) is 0 Å². The van der Waals surface area contributed by atoms with Gasteiger partial charge < -0.3 is 9.80 Å². The van der Waals surface area contributed by atoms with E-state index in [0.29, 0.717) is 18.4 Å². The lowest BCUT2D eigenvalue weighted by atomic mass is 9.92. The van der Waals surface area contributed by atoms with Gasteiger partial charge in [0.05, 0.1) is 6.54 Å². The van der Waals surface area contributed by atoms with Crippen molar-refractivity contribution in [3.63, 3.8) is 0 Å². The second-order valence-electron chi connectivity index (χ2n) is 5.18. The third kappa shape index (κ3) is 3.19. The number of carbonyl (C=O) groups is 1. The van der Waals surface area contributed by atoms with Crippen molar-refractivity contribution in [2.45, 2.75) is 25.8 Å². The van der Waals surface area contributed by atoms with Crippen LogP contribution in [0.25, 0.3) is 0 Å². The summed E-state index contributed by atoms with van der Waals surface area (Å²) in [6, 6.07) is 0.343. The first-order chi connectivity index (χ1) is 8.16. The minimum Gasteiger partial charge on any atom is -0.364 e. The Morgan fingerprint density at radius 1 is 1.29 bits per heavy atom. The number of hydrogen-bond donors (Lipinski definition) is 0. The number of likely N-dealkylation sites (tertiary alicyclic amines) is 1. The highest BCUT2D eigenvalue weighted by Crippen LogP contribution is 2.18. The van der Waals surface area contributed by atoms with Crippen molar-refractivity contribution in [2.24, 2.45) is 5.92 Å². The molecule has 0 aromatic rings. The highest BCUT2D eigenvalue weighted by atomic mass is 16.1. The van der Waals surface area contributed by atoms with Crippen molar-refractivity contribution >= 4 is 5.78 Å². The van der Waals surface area contributed by atoms with Crippen molar-refractivity contribution in [2.75, 3.05) is 26.7 Å². The molecule has 94 valence electrons. The van der Waals surface area contributed by atoms with E-state index in [2.05, 4.69) is 29.8 Å². The summed E-state index contributed by atoms with van der Waals surface area (Å²) in [6.07, 6.45) is 10.2. The Labute approximate surface area is 104 Å². The van der Waals surface area contributed by atoms with Gasteiger partial charge in [0.25, 0.3) is 0 Å². The Morgan fingerprint density at radius 2 is 2.00 bits per heavy atom. The van der Waals surface area contributed by atoms with Crippen LogP contribution in [-0.2, 0) is 4.79 Å². The first-order valence-electron chi connectivity index (χ1n) is 6.49. The number of ketones is 1. The quantitative estimate of drug-likeness (QED) is 0.742. The van der Waals surface area contributed by atoms with Crippen LogP contribution >= 0.6 is 0 Å². The van der Waals surface area contributed by atoms with E-state index in [-0.39, 0.29) is 5.92 Å². The molecule has 0 aromatic heterocycles. The first-order valence-corrected chi connectivity index (χ1v) is 6.49. The number of Topliss-reactive ketones (excluding diaryl/α,β-unsaturated/α-hetero) is 1. The van der Waals surface area contributed by atoms with Gasteiger partial charge in [-0.1, -0.05) is 12.2 Å². The van der Waals surface area contributed by atoms with Crippen molar-refractivity contribution in [3.05, 3.63) is 24.4 Å². The third-order valence-electron chi connectivity index (χ3n) is 3.81. The lowest BCUT2D eigenvalue weighted by Gasteiger charge is -2.31. The van der Waals surface area contributed by atoms with Crippen LogP contribution in [0, 0.1) is 5.92 Å².